The molecule has 1 unspecified atom stereocenters. The lowest BCUT2D eigenvalue weighted by atomic mass is 9.99. The molecule has 6 heteroatoms. The van der Waals surface area contributed by atoms with Crippen LogP contribution in [0.2, 0.25) is 0 Å². The molecule has 1 fully saturated rings. The van der Waals surface area contributed by atoms with Crippen LogP contribution in [-0.2, 0) is 6.54 Å². The Kier molecular flexibility index (Phi) is 5.00. The van der Waals surface area contributed by atoms with E-state index in [4.69, 9.17) is 0 Å². The molecule has 1 aliphatic rings. The van der Waals surface area contributed by atoms with Gasteiger partial charge in [-0.2, -0.15) is 5.10 Å². The van der Waals surface area contributed by atoms with E-state index in [1.807, 2.05) is 10.9 Å². The van der Waals surface area contributed by atoms with Crippen LogP contribution in [0.15, 0.2) is 12.4 Å². The topological polar surface area (TPSA) is 70.4 Å². The number of hydrogen-bond donors (Lipinski definition) is 2. The number of nitrogens with zero attached hydrogens (tertiary/aromatic N) is 3. The molecule has 1 aliphatic heterocycles. The summed E-state index contributed by atoms with van der Waals surface area (Å²) in [7, 11) is 0. The fourth-order valence-corrected chi connectivity index (χ4v) is 2.50. The van der Waals surface area contributed by atoms with Crippen molar-refractivity contribution in [2.75, 3.05) is 25.0 Å². The molecule has 1 aromatic heterocycles. The highest BCUT2D eigenvalue weighted by Gasteiger charge is 2.23. The van der Waals surface area contributed by atoms with Crippen molar-refractivity contribution < 1.29 is 9.90 Å². The van der Waals surface area contributed by atoms with E-state index in [0.717, 1.165) is 31.6 Å². The smallest absolute Gasteiger partial charge is 0.321 e. The maximum Gasteiger partial charge on any atom is 0.321 e. The molecule has 1 saturated heterocycles. The summed E-state index contributed by atoms with van der Waals surface area (Å²) in [5.41, 5.74) is 0.724. The normalized spacial score (nSPS) is 19.4. The molecule has 2 N–H and O–H groups in total. The molecule has 20 heavy (non-hydrogen) atoms. The predicted molar refractivity (Wildman–Crippen MR) is 77.5 cm³/mol. The van der Waals surface area contributed by atoms with E-state index in [1.165, 1.54) is 0 Å². The number of aromatic nitrogens is 2. The average molecular weight is 280 g/mol. The van der Waals surface area contributed by atoms with E-state index >= 15 is 0 Å². The van der Waals surface area contributed by atoms with Crippen molar-refractivity contribution in [3.63, 3.8) is 0 Å². The molecule has 112 valence electrons. The number of carbonyl (C=O) groups excluding carboxylic acids is 1. The fraction of sp³-hybridized carbons (Fsp3) is 0.714. The molecule has 0 saturated carbocycles. The van der Waals surface area contributed by atoms with Crippen LogP contribution in [0.5, 0.6) is 0 Å². The summed E-state index contributed by atoms with van der Waals surface area (Å²) in [6, 6.07) is -0.104. The van der Waals surface area contributed by atoms with E-state index in [1.54, 1.807) is 11.1 Å². The van der Waals surface area contributed by atoms with Gasteiger partial charge in [0.05, 0.1) is 11.9 Å². The van der Waals surface area contributed by atoms with Crippen LogP contribution in [0.4, 0.5) is 10.5 Å². The van der Waals surface area contributed by atoms with Gasteiger partial charge in [0, 0.05) is 32.4 Å². The van der Waals surface area contributed by atoms with E-state index < -0.39 is 0 Å². The summed E-state index contributed by atoms with van der Waals surface area (Å²) in [6.45, 7) is 6.62. The number of amides is 2. The molecule has 0 aromatic carbocycles. The maximum atomic E-state index is 12.2. The highest BCUT2D eigenvalue weighted by molar-refractivity contribution is 5.89. The summed E-state index contributed by atoms with van der Waals surface area (Å²) in [5, 5.41) is 16.3. The highest BCUT2D eigenvalue weighted by atomic mass is 16.3. The molecular weight excluding hydrogens is 256 g/mol. The largest absolute Gasteiger partial charge is 0.396 e. The van der Waals surface area contributed by atoms with Gasteiger partial charge in [-0.3, -0.25) is 4.68 Å². The minimum atomic E-state index is -0.104. The van der Waals surface area contributed by atoms with Crippen LogP contribution >= 0.6 is 0 Å². The van der Waals surface area contributed by atoms with Gasteiger partial charge in [-0.05, 0) is 24.7 Å². The first kappa shape index (κ1) is 14.8. The van der Waals surface area contributed by atoms with Gasteiger partial charge in [0.2, 0.25) is 0 Å². The van der Waals surface area contributed by atoms with Crippen molar-refractivity contribution in [3.8, 4) is 0 Å². The van der Waals surface area contributed by atoms with Crippen LogP contribution in [0.1, 0.15) is 26.7 Å². The van der Waals surface area contributed by atoms with Crippen LogP contribution in [-0.4, -0.2) is 45.5 Å². The first-order chi connectivity index (χ1) is 9.58. The monoisotopic (exact) mass is 280 g/mol. The van der Waals surface area contributed by atoms with Crippen molar-refractivity contribution in [2.24, 2.45) is 11.8 Å². The van der Waals surface area contributed by atoms with Crippen molar-refractivity contribution in [3.05, 3.63) is 12.4 Å². The van der Waals surface area contributed by atoms with Gasteiger partial charge < -0.3 is 15.3 Å². The zero-order valence-electron chi connectivity index (χ0n) is 12.2. The van der Waals surface area contributed by atoms with Gasteiger partial charge in [0.15, 0.2) is 0 Å². The quantitative estimate of drug-likeness (QED) is 0.883. The lowest BCUT2D eigenvalue weighted by molar-refractivity contribution is 0.136. The average Bonchev–Trinajstić information content (AvgIpc) is 2.85. The zero-order chi connectivity index (χ0) is 14.5. The lowest BCUT2D eigenvalue weighted by Crippen LogP contribution is -2.43. The molecular formula is C14H24N4O2. The Labute approximate surface area is 119 Å². The summed E-state index contributed by atoms with van der Waals surface area (Å²) in [6.07, 6.45) is 5.47. The van der Waals surface area contributed by atoms with E-state index in [2.05, 4.69) is 24.3 Å². The second-order valence-corrected chi connectivity index (χ2v) is 5.91. The third kappa shape index (κ3) is 3.96. The molecule has 2 amide bonds. The minimum Gasteiger partial charge on any atom is -0.396 e. The molecule has 6 nitrogen and oxygen atoms in total. The SMILES string of the molecule is CC(C)Cn1cc(NC(=O)N2CCCC(CO)C2)cn1. The number of aliphatic hydroxyl groups is 1. The van der Waals surface area contributed by atoms with Crippen molar-refractivity contribution in [2.45, 2.75) is 33.2 Å². The predicted octanol–water partition coefficient (Wildman–Crippen LogP) is 1.78. The van der Waals surface area contributed by atoms with Crippen LogP contribution in [0.25, 0.3) is 0 Å². The Bertz CT molecular complexity index is 444. The van der Waals surface area contributed by atoms with E-state index in [-0.39, 0.29) is 18.6 Å². The van der Waals surface area contributed by atoms with Crippen LogP contribution in [0.3, 0.4) is 0 Å². The standard InChI is InChI=1S/C14H24N4O2/c1-11(2)7-18-9-13(6-15-18)16-14(20)17-5-3-4-12(8-17)10-19/h6,9,11-12,19H,3-5,7-8,10H2,1-2H3,(H,16,20). The first-order valence-corrected chi connectivity index (χ1v) is 7.27. The van der Waals surface area contributed by atoms with Crippen molar-refractivity contribution in [1.29, 1.82) is 0 Å². The molecule has 0 radical (unpaired) electrons. The Morgan fingerprint density at radius 1 is 1.60 bits per heavy atom. The number of urea groups is 1. The second-order valence-electron chi connectivity index (χ2n) is 5.91. The number of anilines is 1. The van der Waals surface area contributed by atoms with Gasteiger partial charge >= 0.3 is 6.03 Å². The number of aliphatic hydroxyl groups excluding tert-OH is 1. The van der Waals surface area contributed by atoms with Crippen molar-refractivity contribution in [1.82, 2.24) is 14.7 Å². The third-order valence-electron chi connectivity index (χ3n) is 3.50. The Balaban J connectivity index is 1.89. The van der Waals surface area contributed by atoms with Crippen molar-refractivity contribution >= 4 is 11.7 Å². The number of piperidine rings is 1. The summed E-state index contributed by atoms with van der Waals surface area (Å²) in [4.78, 5) is 13.9. The molecule has 1 atom stereocenters. The molecule has 0 bridgehead atoms. The third-order valence-corrected chi connectivity index (χ3v) is 3.50. The molecule has 1 aromatic rings. The van der Waals surface area contributed by atoms with Gasteiger partial charge in [0.25, 0.3) is 0 Å². The summed E-state index contributed by atoms with van der Waals surface area (Å²) < 4.78 is 1.84. The first-order valence-electron chi connectivity index (χ1n) is 7.27. The molecule has 2 rings (SSSR count). The number of carbonyl (C=O) groups is 1. The summed E-state index contributed by atoms with van der Waals surface area (Å²) in [5.74, 6) is 0.726. The Morgan fingerprint density at radius 2 is 2.40 bits per heavy atom. The van der Waals surface area contributed by atoms with Gasteiger partial charge in [0.1, 0.15) is 0 Å². The second kappa shape index (κ2) is 6.74. The number of nitrogens with one attached hydrogen (secondary N) is 1. The fourth-order valence-electron chi connectivity index (χ4n) is 2.50. The molecule has 0 aliphatic carbocycles. The van der Waals surface area contributed by atoms with Gasteiger partial charge in [-0.15, -0.1) is 0 Å². The lowest BCUT2D eigenvalue weighted by Gasteiger charge is -2.31. The maximum absolute atomic E-state index is 12.2. The zero-order valence-corrected chi connectivity index (χ0v) is 12.2. The van der Waals surface area contributed by atoms with E-state index in [0.29, 0.717) is 12.5 Å². The number of hydrogen-bond acceptors (Lipinski definition) is 3. The Morgan fingerprint density at radius 3 is 3.10 bits per heavy atom. The van der Waals surface area contributed by atoms with E-state index in [9.17, 15) is 9.90 Å². The van der Waals surface area contributed by atoms with Gasteiger partial charge in [-0.25, -0.2) is 4.79 Å². The Hall–Kier alpha value is -1.56. The number of likely N-dealkylation sites (tertiary alicyclic amines) is 1. The minimum absolute atomic E-state index is 0.104. The van der Waals surface area contributed by atoms with Crippen LogP contribution in [0, 0.1) is 11.8 Å². The van der Waals surface area contributed by atoms with Crippen LogP contribution < -0.4 is 5.32 Å². The van der Waals surface area contributed by atoms with Gasteiger partial charge in [-0.1, -0.05) is 13.8 Å². The number of rotatable bonds is 4. The highest BCUT2D eigenvalue weighted by Crippen LogP contribution is 2.17. The molecule has 0 spiro atoms. The summed E-state index contributed by atoms with van der Waals surface area (Å²) >= 11 is 0. The molecule has 2 heterocycles.